The minimum absolute atomic E-state index is 0.0231. The molecule has 1 N–H and O–H groups in total. The van der Waals surface area contributed by atoms with E-state index in [1.807, 2.05) is 32.0 Å². The Morgan fingerprint density at radius 1 is 0.914 bits per heavy atom. The van der Waals surface area contributed by atoms with E-state index >= 15 is 0 Å². The number of aryl methyl sites for hydroxylation is 2. The van der Waals surface area contributed by atoms with E-state index in [2.05, 4.69) is 4.85 Å². The summed E-state index contributed by atoms with van der Waals surface area (Å²) in [4.78, 5) is 16.1. The van der Waals surface area contributed by atoms with Crippen molar-refractivity contribution in [2.75, 3.05) is 0 Å². The van der Waals surface area contributed by atoms with Gasteiger partial charge in [-0.25, -0.2) is 4.85 Å². The molecule has 4 rings (SSSR count). The van der Waals surface area contributed by atoms with Crippen LogP contribution < -0.4 is 5.56 Å². The number of alkyl halides is 3. The monoisotopic (exact) mass is 474 g/mol. The first-order valence-corrected chi connectivity index (χ1v) is 10.8. The van der Waals surface area contributed by atoms with Crippen molar-refractivity contribution < 1.29 is 18.3 Å². The predicted molar refractivity (Wildman–Crippen MR) is 130 cm³/mol. The Kier molecular flexibility index (Phi) is 6.23. The second-order valence-corrected chi connectivity index (χ2v) is 8.35. The molecule has 4 nitrogen and oxygen atoms in total. The van der Waals surface area contributed by atoms with Crippen molar-refractivity contribution >= 4 is 5.69 Å². The van der Waals surface area contributed by atoms with Gasteiger partial charge in [0.1, 0.15) is 5.75 Å². The molecule has 1 aromatic heterocycles. The first-order valence-electron chi connectivity index (χ1n) is 10.8. The summed E-state index contributed by atoms with van der Waals surface area (Å²) in [5, 5.41) is 9.74. The smallest absolute Gasteiger partial charge is 0.407 e. The van der Waals surface area contributed by atoms with Crippen LogP contribution in [0.25, 0.3) is 27.2 Å². The molecule has 0 saturated heterocycles. The SMILES string of the molecule is [C-]#[N+]c1c(C(F)(F)F)cc(-c2ccc(-c3cccc(O)c3)cc2)n(Cc2ccc(C)cc2C)c1=O. The molecular formula is C28H21F3N2O2. The third kappa shape index (κ3) is 4.82. The molecule has 0 radical (unpaired) electrons. The van der Waals surface area contributed by atoms with Crippen LogP contribution in [-0.4, -0.2) is 9.67 Å². The Hall–Kier alpha value is -4.31. The zero-order valence-electron chi connectivity index (χ0n) is 19.0. The number of hydrogen-bond donors (Lipinski definition) is 1. The zero-order chi connectivity index (χ0) is 25.3. The topological polar surface area (TPSA) is 46.6 Å². The number of halogens is 3. The minimum Gasteiger partial charge on any atom is -0.508 e. The highest BCUT2D eigenvalue weighted by molar-refractivity contribution is 5.71. The van der Waals surface area contributed by atoms with Crippen LogP contribution in [0.1, 0.15) is 22.3 Å². The van der Waals surface area contributed by atoms with Gasteiger partial charge in [0.2, 0.25) is 0 Å². The van der Waals surface area contributed by atoms with Gasteiger partial charge in [0.05, 0.1) is 18.7 Å². The summed E-state index contributed by atoms with van der Waals surface area (Å²) in [5.41, 5.74) is 1.47. The van der Waals surface area contributed by atoms with Crippen LogP contribution in [0.4, 0.5) is 18.9 Å². The lowest BCUT2D eigenvalue weighted by Crippen LogP contribution is -2.25. The van der Waals surface area contributed by atoms with E-state index in [1.54, 1.807) is 48.5 Å². The van der Waals surface area contributed by atoms with Crippen LogP contribution in [0.15, 0.2) is 77.6 Å². The van der Waals surface area contributed by atoms with E-state index in [0.717, 1.165) is 33.9 Å². The lowest BCUT2D eigenvalue weighted by Gasteiger charge is -2.19. The number of pyridine rings is 1. The van der Waals surface area contributed by atoms with E-state index in [1.165, 1.54) is 4.57 Å². The largest absolute Gasteiger partial charge is 0.508 e. The maximum atomic E-state index is 13.8. The third-order valence-corrected chi connectivity index (χ3v) is 5.88. The van der Waals surface area contributed by atoms with Crippen LogP contribution in [0, 0.1) is 20.4 Å². The van der Waals surface area contributed by atoms with Gasteiger partial charge in [0.25, 0.3) is 11.2 Å². The van der Waals surface area contributed by atoms with Gasteiger partial charge in [-0.05, 0) is 59.9 Å². The highest BCUT2D eigenvalue weighted by Gasteiger charge is 2.36. The first kappa shape index (κ1) is 23.8. The average molecular weight is 474 g/mol. The maximum Gasteiger partial charge on any atom is 0.407 e. The van der Waals surface area contributed by atoms with Gasteiger partial charge in [-0.2, -0.15) is 13.2 Å². The summed E-state index contributed by atoms with van der Waals surface area (Å²) in [6.07, 6.45) is -4.85. The van der Waals surface area contributed by atoms with Crippen LogP contribution in [0.2, 0.25) is 0 Å². The Morgan fingerprint density at radius 3 is 2.20 bits per heavy atom. The lowest BCUT2D eigenvalue weighted by molar-refractivity contribution is -0.136. The molecule has 176 valence electrons. The minimum atomic E-state index is -4.85. The van der Waals surface area contributed by atoms with Crippen molar-refractivity contribution in [3.05, 3.63) is 117 Å². The number of nitrogens with zero attached hydrogens (tertiary/aromatic N) is 2. The molecule has 0 spiro atoms. The van der Waals surface area contributed by atoms with Crippen LogP contribution >= 0.6 is 0 Å². The number of aromatic nitrogens is 1. The van der Waals surface area contributed by atoms with Gasteiger partial charge in [-0.1, -0.05) is 60.2 Å². The molecule has 0 unspecified atom stereocenters. The fraction of sp³-hybridized carbons (Fsp3) is 0.143. The van der Waals surface area contributed by atoms with Gasteiger partial charge < -0.3 is 9.67 Å². The van der Waals surface area contributed by atoms with E-state index in [4.69, 9.17) is 6.57 Å². The molecule has 0 aliphatic rings. The van der Waals surface area contributed by atoms with Gasteiger partial charge in [-0.15, -0.1) is 0 Å². The first-order chi connectivity index (χ1) is 16.6. The molecule has 1 heterocycles. The van der Waals surface area contributed by atoms with Crippen LogP contribution in [0.5, 0.6) is 5.75 Å². The molecule has 0 amide bonds. The Bertz CT molecular complexity index is 1510. The van der Waals surface area contributed by atoms with Crippen LogP contribution in [-0.2, 0) is 12.7 Å². The number of phenols is 1. The summed E-state index contributed by atoms with van der Waals surface area (Å²) in [7, 11) is 0. The fourth-order valence-electron chi connectivity index (χ4n) is 4.07. The molecule has 4 aromatic rings. The molecule has 0 fully saturated rings. The van der Waals surface area contributed by atoms with Gasteiger partial charge in [-0.3, -0.25) is 4.79 Å². The highest BCUT2D eigenvalue weighted by atomic mass is 19.4. The van der Waals surface area contributed by atoms with E-state index in [-0.39, 0.29) is 18.0 Å². The van der Waals surface area contributed by atoms with E-state index < -0.39 is 23.0 Å². The molecule has 0 aliphatic carbocycles. The molecule has 35 heavy (non-hydrogen) atoms. The predicted octanol–water partition coefficient (Wildman–Crippen LogP) is 7.12. The van der Waals surface area contributed by atoms with Gasteiger partial charge in [0, 0.05) is 5.69 Å². The lowest BCUT2D eigenvalue weighted by atomic mass is 10.0. The van der Waals surface area contributed by atoms with E-state index in [0.29, 0.717) is 5.56 Å². The standard InChI is InChI=1S/C28H21F3N2O2/c1-17-7-8-22(18(2)13-17)16-33-25(15-24(28(29,30)31)26(32-3)27(33)35)20-11-9-19(10-12-20)21-5-4-6-23(34)14-21/h4-15,34H,16H2,1-2H3. The molecule has 0 atom stereocenters. The van der Waals surface area contributed by atoms with Crippen molar-refractivity contribution in [1.29, 1.82) is 0 Å². The molecular weight excluding hydrogens is 453 g/mol. The molecule has 0 saturated carbocycles. The number of aromatic hydroxyl groups is 1. The third-order valence-electron chi connectivity index (χ3n) is 5.88. The Balaban J connectivity index is 1.91. The second-order valence-electron chi connectivity index (χ2n) is 8.35. The normalized spacial score (nSPS) is 11.3. The maximum absolute atomic E-state index is 13.8. The summed E-state index contributed by atoms with van der Waals surface area (Å²) in [5.74, 6) is 0.0958. The molecule has 7 heteroatoms. The molecule has 0 bridgehead atoms. The fourth-order valence-corrected chi connectivity index (χ4v) is 4.07. The average Bonchev–Trinajstić information content (AvgIpc) is 2.81. The van der Waals surface area contributed by atoms with Gasteiger partial charge >= 0.3 is 6.18 Å². The van der Waals surface area contributed by atoms with Crippen molar-refractivity contribution in [3.63, 3.8) is 0 Å². The van der Waals surface area contributed by atoms with Crippen molar-refractivity contribution in [3.8, 4) is 28.1 Å². The summed E-state index contributed by atoms with van der Waals surface area (Å²) in [6, 6.07) is 19.8. The number of hydrogen-bond acceptors (Lipinski definition) is 2. The quantitative estimate of drug-likeness (QED) is 0.320. The Labute approximate surface area is 200 Å². The number of rotatable bonds is 4. The Morgan fingerprint density at radius 2 is 1.60 bits per heavy atom. The molecule has 0 aliphatic heterocycles. The summed E-state index contributed by atoms with van der Waals surface area (Å²) < 4.78 is 42.6. The zero-order valence-corrected chi connectivity index (χ0v) is 19.0. The second kappa shape index (κ2) is 9.15. The number of phenolic OH excluding ortho intramolecular Hbond substituents is 1. The van der Waals surface area contributed by atoms with Gasteiger partial charge in [0.15, 0.2) is 0 Å². The summed E-state index contributed by atoms with van der Waals surface area (Å²) >= 11 is 0. The molecule has 3 aromatic carbocycles. The van der Waals surface area contributed by atoms with Crippen molar-refractivity contribution in [2.45, 2.75) is 26.6 Å². The highest BCUT2D eigenvalue weighted by Crippen LogP contribution is 2.37. The summed E-state index contributed by atoms with van der Waals surface area (Å²) in [6.45, 7) is 11.1. The van der Waals surface area contributed by atoms with Crippen LogP contribution in [0.3, 0.4) is 0 Å². The van der Waals surface area contributed by atoms with Crippen molar-refractivity contribution in [1.82, 2.24) is 4.57 Å². The van der Waals surface area contributed by atoms with E-state index in [9.17, 15) is 23.1 Å². The van der Waals surface area contributed by atoms with Crippen molar-refractivity contribution in [2.24, 2.45) is 0 Å². The number of benzene rings is 3.